The van der Waals surface area contributed by atoms with E-state index < -0.39 is 18.1 Å². The molecule has 110 valence electrons. The minimum Gasteiger partial charge on any atom is -0.480 e. The molecule has 0 aliphatic carbocycles. The molecule has 0 saturated carbocycles. The minimum atomic E-state index is -1.10. The van der Waals surface area contributed by atoms with Crippen LogP contribution in [0.25, 0.3) is 0 Å². The molecule has 1 atom stereocenters. The van der Waals surface area contributed by atoms with Crippen molar-refractivity contribution in [3.05, 3.63) is 0 Å². The number of ether oxygens (including phenoxy) is 1. The Hall–Kier alpha value is -1.99. The maximum absolute atomic E-state index is 11.1. The first-order chi connectivity index (χ1) is 8.88. The van der Waals surface area contributed by atoms with E-state index in [1.165, 1.54) is 0 Å². The topological polar surface area (TPSA) is 117 Å². The van der Waals surface area contributed by atoms with Gasteiger partial charge in [0.2, 0.25) is 0 Å². The van der Waals surface area contributed by atoms with Gasteiger partial charge in [-0.3, -0.25) is 4.99 Å². The molecule has 0 aromatic heterocycles. The van der Waals surface area contributed by atoms with Crippen molar-refractivity contribution in [2.45, 2.75) is 25.8 Å². The summed E-state index contributed by atoms with van der Waals surface area (Å²) >= 11 is 0. The van der Waals surface area contributed by atoms with E-state index in [1.54, 1.807) is 25.9 Å². The number of alkyl carbamates (subject to hydrolysis) is 1. The number of nitrogens with two attached hydrogens (primary N) is 1. The second-order valence-corrected chi connectivity index (χ2v) is 4.03. The Kier molecular flexibility index (Phi) is 8.07. The van der Waals surface area contributed by atoms with Crippen molar-refractivity contribution in [1.82, 2.24) is 10.2 Å². The van der Waals surface area contributed by atoms with Crippen LogP contribution >= 0.6 is 0 Å². The van der Waals surface area contributed by atoms with Crippen LogP contribution in [0.2, 0.25) is 0 Å². The summed E-state index contributed by atoms with van der Waals surface area (Å²) in [6, 6.07) is -0.977. The molecule has 8 heteroatoms. The molecule has 4 N–H and O–H groups in total. The van der Waals surface area contributed by atoms with Crippen molar-refractivity contribution < 1.29 is 19.4 Å². The largest absolute Gasteiger partial charge is 0.480 e. The van der Waals surface area contributed by atoms with Crippen LogP contribution in [0.4, 0.5) is 4.79 Å². The van der Waals surface area contributed by atoms with E-state index >= 15 is 0 Å². The molecule has 0 aromatic carbocycles. The number of carboxylic acid groups (broad SMARTS) is 1. The lowest BCUT2D eigenvalue weighted by Crippen LogP contribution is -2.41. The Labute approximate surface area is 112 Å². The monoisotopic (exact) mass is 274 g/mol. The van der Waals surface area contributed by atoms with Crippen molar-refractivity contribution in [1.29, 1.82) is 0 Å². The number of rotatable bonds is 7. The van der Waals surface area contributed by atoms with Gasteiger partial charge in [0.05, 0.1) is 6.61 Å². The Morgan fingerprint density at radius 1 is 1.47 bits per heavy atom. The summed E-state index contributed by atoms with van der Waals surface area (Å²) in [5.74, 6) is -0.720. The van der Waals surface area contributed by atoms with E-state index in [1.807, 2.05) is 0 Å². The summed E-state index contributed by atoms with van der Waals surface area (Å²) in [7, 11) is 3.53. The van der Waals surface area contributed by atoms with Gasteiger partial charge in [0.1, 0.15) is 6.04 Å². The number of hydrogen-bond donors (Lipinski definition) is 3. The van der Waals surface area contributed by atoms with Crippen LogP contribution in [0.15, 0.2) is 4.99 Å². The Morgan fingerprint density at radius 2 is 2.11 bits per heavy atom. The lowest BCUT2D eigenvalue weighted by molar-refractivity contribution is -0.139. The highest BCUT2D eigenvalue weighted by Gasteiger charge is 2.19. The summed E-state index contributed by atoms with van der Waals surface area (Å²) in [4.78, 5) is 27.8. The molecule has 0 heterocycles. The van der Waals surface area contributed by atoms with Crippen molar-refractivity contribution in [2.75, 3.05) is 27.2 Å². The molecule has 0 radical (unpaired) electrons. The van der Waals surface area contributed by atoms with Crippen LogP contribution in [0.3, 0.4) is 0 Å². The molecule has 0 fully saturated rings. The summed E-state index contributed by atoms with van der Waals surface area (Å²) in [5.41, 5.74) is 5.58. The predicted molar refractivity (Wildman–Crippen MR) is 71.0 cm³/mol. The number of carbonyl (C=O) groups is 2. The first-order valence-corrected chi connectivity index (χ1v) is 6.01. The zero-order valence-electron chi connectivity index (χ0n) is 11.5. The molecular formula is C11H22N4O4. The number of nitrogens with one attached hydrogen (secondary N) is 1. The summed E-state index contributed by atoms with van der Waals surface area (Å²) in [5, 5.41) is 11.2. The molecular weight excluding hydrogens is 252 g/mol. The average molecular weight is 274 g/mol. The number of carboxylic acids is 1. The standard InChI is InChI=1S/C11H22N4O4/c1-4-19-11(18)14-8(9(16)17)6-5-7-13-10(12)15(2)3/h8H,4-7H2,1-3H3,(H2,12,13)(H,14,18)(H,16,17)/t8-/m0/s1. The zero-order valence-corrected chi connectivity index (χ0v) is 11.5. The van der Waals surface area contributed by atoms with Gasteiger partial charge in [0, 0.05) is 20.6 Å². The van der Waals surface area contributed by atoms with Crippen LogP contribution in [-0.2, 0) is 9.53 Å². The molecule has 8 nitrogen and oxygen atoms in total. The highest BCUT2D eigenvalue weighted by atomic mass is 16.5. The fourth-order valence-corrected chi connectivity index (χ4v) is 1.20. The van der Waals surface area contributed by atoms with E-state index in [2.05, 4.69) is 15.0 Å². The molecule has 0 aliphatic heterocycles. The Bertz CT molecular complexity index is 331. The Morgan fingerprint density at radius 3 is 2.58 bits per heavy atom. The van der Waals surface area contributed by atoms with Gasteiger partial charge in [-0.2, -0.15) is 0 Å². The number of carbonyl (C=O) groups excluding carboxylic acids is 1. The van der Waals surface area contributed by atoms with Crippen molar-refractivity contribution in [3.63, 3.8) is 0 Å². The van der Waals surface area contributed by atoms with Crippen LogP contribution in [-0.4, -0.2) is 61.3 Å². The molecule has 1 amide bonds. The molecule has 0 bridgehead atoms. The van der Waals surface area contributed by atoms with E-state index in [0.29, 0.717) is 18.9 Å². The summed E-state index contributed by atoms with van der Waals surface area (Å²) in [6.45, 7) is 2.24. The maximum atomic E-state index is 11.1. The summed E-state index contributed by atoms with van der Waals surface area (Å²) in [6.07, 6.45) is 0.0298. The number of guanidine groups is 1. The van der Waals surface area contributed by atoms with Gasteiger partial charge in [0.15, 0.2) is 5.96 Å². The second-order valence-electron chi connectivity index (χ2n) is 4.03. The minimum absolute atomic E-state index is 0.196. The highest BCUT2D eigenvalue weighted by Crippen LogP contribution is 1.99. The van der Waals surface area contributed by atoms with E-state index in [9.17, 15) is 9.59 Å². The number of aliphatic carboxylic acids is 1. The number of hydrogen-bond acceptors (Lipinski definition) is 4. The molecule has 0 unspecified atom stereocenters. The molecule has 0 aliphatic rings. The van der Waals surface area contributed by atoms with Crippen LogP contribution < -0.4 is 11.1 Å². The highest BCUT2D eigenvalue weighted by molar-refractivity contribution is 5.79. The average Bonchev–Trinajstić information content (AvgIpc) is 2.32. The van der Waals surface area contributed by atoms with Gasteiger partial charge in [-0.15, -0.1) is 0 Å². The smallest absolute Gasteiger partial charge is 0.407 e. The molecule has 0 spiro atoms. The fourth-order valence-electron chi connectivity index (χ4n) is 1.20. The number of amides is 1. The third-order valence-electron chi connectivity index (χ3n) is 2.25. The lowest BCUT2D eigenvalue weighted by atomic mass is 10.1. The first-order valence-electron chi connectivity index (χ1n) is 6.01. The number of nitrogens with zero attached hydrogens (tertiary/aromatic N) is 2. The lowest BCUT2D eigenvalue weighted by Gasteiger charge is -2.14. The van der Waals surface area contributed by atoms with Crippen LogP contribution in [0, 0.1) is 0 Å². The summed E-state index contributed by atoms with van der Waals surface area (Å²) < 4.78 is 4.63. The van der Waals surface area contributed by atoms with Gasteiger partial charge in [0.25, 0.3) is 0 Å². The second kappa shape index (κ2) is 9.01. The third kappa shape index (κ3) is 7.85. The SMILES string of the molecule is CCOC(=O)N[C@@H](CCCN=C(N)N(C)C)C(=O)O. The quantitative estimate of drug-likeness (QED) is 0.337. The van der Waals surface area contributed by atoms with E-state index in [-0.39, 0.29) is 13.0 Å². The first kappa shape index (κ1) is 17.0. The van der Waals surface area contributed by atoms with Gasteiger partial charge >= 0.3 is 12.1 Å². The third-order valence-corrected chi connectivity index (χ3v) is 2.25. The van der Waals surface area contributed by atoms with Gasteiger partial charge < -0.3 is 25.8 Å². The fraction of sp³-hybridized carbons (Fsp3) is 0.727. The van der Waals surface area contributed by atoms with Crippen LogP contribution in [0.5, 0.6) is 0 Å². The molecule has 0 saturated heterocycles. The zero-order chi connectivity index (χ0) is 14.8. The molecule has 19 heavy (non-hydrogen) atoms. The van der Waals surface area contributed by atoms with Crippen molar-refractivity contribution in [2.24, 2.45) is 10.7 Å². The number of aliphatic imine (C=N–C) groups is 1. The van der Waals surface area contributed by atoms with E-state index in [4.69, 9.17) is 10.8 Å². The molecule has 0 aromatic rings. The normalized spacial score (nSPS) is 12.7. The van der Waals surface area contributed by atoms with Crippen molar-refractivity contribution in [3.8, 4) is 0 Å². The maximum Gasteiger partial charge on any atom is 0.407 e. The van der Waals surface area contributed by atoms with E-state index in [0.717, 1.165) is 0 Å². The van der Waals surface area contributed by atoms with Crippen LogP contribution in [0.1, 0.15) is 19.8 Å². The van der Waals surface area contributed by atoms with Gasteiger partial charge in [-0.05, 0) is 19.8 Å². The molecule has 0 rings (SSSR count). The van der Waals surface area contributed by atoms with Gasteiger partial charge in [-0.25, -0.2) is 9.59 Å². The predicted octanol–water partition coefficient (Wildman–Crippen LogP) is -0.158. The van der Waals surface area contributed by atoms with Gasteiger partial charge in [-0.1, -0.05) is 0 Å². The Balaban J connectivity index is 4.13. The van der Waals surface area contributed by atoms with Crippen molar-refractivity contribution >= 4 is 18.0 Å².